The predicted molar refractivity (Wildman–Crippen MR) is 44.7 cm³/mol. The number of hydrogen-bond acceptors (Lipinski definition) is 4. The maximum absolute atomic E-state index is 10.9. The highest BCUT2D eigenvalue weighted by molar-refractivity contribution is 7.52. The van der Waals surface area contributed by atoms with Crippen molar-refractivity contribution in [1.29, 1.82) is 0 Å². The number of aliphatic hydroxyl groups excluding tert-OH is 1. The van der Waals surface area contributed by atoms with Crippen molar-refractivity contribution in [3.63, 3.8) is 0 Å². The van der Waals surface area contributed by atoms with E-state index < -0.39 is 31.9 Å². The third kappa shape index (κ3) is 4.35. The van der Waals surface area contributed by atoms with E-state index >= 15 is 0 Å². The zero-order chi connectivity index (χ0) is 10.6. The zero-order valence-corrected chi connectivity index (χ0v) is 7.94. The lowest BCUT2D eigenvalue weighted by Gasteiger charge is -2.17. The number of carbonyl (C=O) groups is 1. The molecule has 0 unspecified atom stereocenters. The van der Waals surface area contributed by atoms with Crippen LogP contribution in [0.1, 0.15) is 6.92 Å². The molecule has 0 aliphatic carbocycles. The maximum atomic E-state index is 10.9. The highest BCUT2D eigenvalue weighted by Crippen LogP contribution is 2.38. The molecule has 13 heavy (non-hydrogen) atoms. The first-order valence-corrected chi connectivity index (χ1v) is 5.19. The van der Waals surface area contributed by atoms with E-state index in [1.54, 1.807) is 0 Å². The van der Waals surface area contributed by atoms with Crippen LogP contribution in [0, 0.1) is 0 Å². The number of amides is 1. The second kappa shape index (κ2) is 4.69. The molecular weight excluding hydrogens is 199 g/mol. The van der Waals surface area contributed by atoms with Gasteiger partial charge in [0, 0.05) is 0 Å². The van der Waals surface area contributed by atoms with E-state index in [4.69, 9.17) is 20.6 Å². The van der Waals surface area contributed by atoms with Gasteiger partial charge in [-0.25, -0.2) is 0 Å². The second-order valence-corrected chi connectivity index (χ2v) is 4.52. The van der Waals surface area contributed by atoms with Gasteiger partial charge in [0.15, 0.2) is 0 Å². The number of nitrogens with two attached hydrogens (primary N) is 1. The summed E-state index contributed by atoms with van der Waals surface area (Å²) in [6.45, 7) is 0.586. The molecule has 0 spiro atoms. The van der Waals surface area contributed by atoms with Crippen molar-refractivity contribution in [3.8, 4) is 0 Å². The Morgan fingerprint density at radius 2 is 2.08 bits per heavy atom. The van der Waals surface area contributed by atoms with E-state index in [1.165, 1.54) is 0 Å². The van der Waals surface area contributed by atoms with Crippen LogP contribution in [-0.4, -0.2) is 39.2 Å². The van der Waals surface area contributed by atoms with Crippen molar-refractivity contribution in [3.05, 3.63) is 0 Å². The van der Waals surface area contributed by atoms with Crippen molar-refractivity contribution in [2.75, 3.05) is 6.61 Å². The number of rotatable bonds is 4. The summed E-state index contributed by atoms with van der Waals surface area (Å²) in [5.41, 5.74) is 5.09. The van der Waals surface area contributed by atoms with Crippen LogP contribution in [0.15, 0.2) is 0 Å². The van der Waals surface area contributed by atoms with Gasteiger partial charge in [0.25, 0.3) is 0 Å². The molecule has 0 aliphatic rings. The third-order valence-electron chi connectivity index (χ3n) is 1.39. The minimum Gasteiger partial charge on any atom is -0.394 e. The van der Waals surface area contributed by atoms with Crippen molar-refractivity contribution in [2.24, 2.45) is 5.73 Å². The topological polar surface area (TPSA) is 133 Å². The summed E-state index contributed by atoms with van der Waals surface area (Å²) < 4.78 is 10.6. The molecule has 2 atom stereocenters. The minimum atomic E-state index is -4.33. The molecule has 0 heterocycles. The van der Waals surface area contributed by atoms with Gasteiger partial charge in [-0.2, -0.15) is 0 Å². The van der Waals surface area contributed by atoms with E-state index in [0.717, 1.165) is 6.92 Å². The first-order valence-electron chi connectivity index (χ1n) is 3.51. The van der Waals surface area contributed by atoms with Crippen molar-refractivity contribution >= 4 is 13.5 Å². The maximum Gasteiger partial charge on any atom is 0.347 e. The number of aliphatic hydroxyl groups is 1. The van der Waals surface area contributed by atoms with Gasteiger partial charge >= 0.3 is 7.60 Å². The van der Waals surface area contributed by atoms with Crippen LogP contribution in [0.3, 0.4) is 0 Å². The van der Waals surface area contributed by atoms with Crippen LogP contribution >= 0.6 is 7.60 Å². The molecule has 7 nitrogen and oxygen atoms in total. The van der Waals surface area contributed by atoms with Crippen LogP contribution in [-0.2, 0) is 9.36 Å². The standard InChI is InChI=1S/C5H13N2O5P/c1-3(13(10,11)12)7-5(9)4(6)2-8/h3-4,8H,2,6H2,1H3,(H,7,9)(H2,10,11,12)/t3-,4+/m1/s1. The van der Waals surface area contributed by atoms with E-state index in [9.17, 15) is 9.36 Å². The van der Waals surface area contributed by atoms with Gasteiger partial charge in [-0.15, -0.1) is 0 Å². The van der Waals surface area contributed by atoms with Crippen LogP contribution in [0.4, 0.5) is 0 Å². The molecule has 0 saturated carbocycles. The summed E-state index contributed by atoms with van der Waals surface area (Å²) in [6, 6.07) is -1.16. The van der Waals surface area contributed by atoms with Crippen LogP contribution in [0.2, 0.25) is 0 Å². The van der Waals surface area contributed by atoms with E-state index in [0.29, 0.717) is 0 Å². The average Bonchev–Trinajstić information content (AvgIpc) is 2.01. The van der Waals surface area contributed by atoms with Gasteiger partial charge in [0.2, 0.25) is 5.91 Å². The second-order valence-electron chi connectivity index (χ2n) is 2.56. The zero-order valence-electron chi connectivity index (χ0n) is 7.04. The van der Waals surface area contributed by atoms with Crippen molar-refractivity contribution in [1.82, 2.24) is 5.32 Å². The molecule has 0 aliphatic heterocycles. The molecule has 0 aromatic rings. The Morgan fingerprint density at radius 3 is 2.38 bits per heavy atom. The Morgan fingerprint density at radius 1 is 1.62 bits per heavy atom. The van der Waals surface area contributed by atoms with E-state index in [-0.39, 0.29) is 0 Å². The lowest BCUT2D eigenvalue weighted by atomic mass is 10.3. The molecule has 78 valence electrons. The van der Waals surface area contributed by atoms with Crippen LogP contribution < -0.4 is 11.1 Å². The highest BCUT2D eigenvalue weighted by atomic mass is 31.2. The molecule has 0 aromatic carbocycles. The van der Waals surface area contributed by atoms with Gasteiger partial charge in [0.1, 0.15) is 11.8 Å². The monoisotopic (exact) mass is 212 g/mol. The molecule has 0 aromatic heterocycles. The smallest absolute Gasteiger partial charge is 0.347 e. The first kappa shape index (κ1) is 12.5. The van der Waals surface area contributed by atoms with Gasteiger partial charge in [-0.3, -0.25) is 9.36 Å². The lowest BCUT2D eigenvalue weighted by molar-refractivity contribution is -0.123. The molecule has 0 saturated heterocycles. The largest absolute Gasteiger partial charge is 0.394 e. The highest BCUT2D eigenvalue weighted by Gasteiger charge is 2.26. The number of nitrogens with one attached hydrogen (secondary N) is 1. The molecule has 8 heteroatoms. The van der Waals surface area contributed by atoms with Gasteiger partial charge in [-0.05, 0) is 6.92 Å². The van der Waals surface area contributed by atoms with Crippen molar-refractivity contribution in [2.45, 2.75) is 18.7 Å². The molecular formula is C5H13N2O5P. The Kier molecular flexibility index (Phi) is 4.52. The summed E-state index contributed by atoms with van der Waals surface area (Å²) in [5.74, 6) is -2.09. The predicted octanol–water partition coefficient (Wildman–Crippen LogP) is -2.05. The molecule has 0 bridgehead atoms. The van der Waals surface area contributed by atoms with Crippen LogP contribution in [0.5, 0.6) is 0 Å². The summed E-state index contributed by atoms with van der Waals surface area (Å²) in [5, 5.41) is 10.4. The van der Waals surface area contributed by atoms with Crippen molar-refractivity contribution < 1.29 is 24.3 Å². The summed E-state index contributed by atoms with van der Waals surface area (Å²) >= 11 is 0. The van der Waals surface area contributed by atoms with Crippen LogP contribution in [0.25, 0.3) is 0 Å². The molecule has 6 N–H and O–H groups in total. The molecule has 0 rings (SSSR count). The van der Waals surface area contributed by atoms with Gasteiger partial charge in [-0.1, -0.05) is 0 Å². The Labute approximate surface area is 75.1 Å². The average molecular weight is 212 g/mol. The Bertz CT molecular complexity index is 227. The Balaban J connectivity index is 4.15. The fraction of sp³-hybridized carbons (Fsp3) is 0.800. The number of carbonyl (C=O) groups excluding carboxylic acids is 1. The normalized spacial score (nSPS) is 16.4. The molecule has 1 amide bonds. The van der Waals surface area contributed by atoms with Gasteiger partial charge < -0.3 is 25.9 Å². The SMILES string of the molecule is C[C@H](NC(=O)[C@@H](N)CO)P(=O)(O)O. The van der Waals surface area contributed by atoms with Gasteiger partial charge in [0.05, 0.1) is 6.61 Å². The fourth-order valence-electron chi connectivity index (χ4n) is 0.480. The summed E-state index contributed by atoms with van der Waals surface area (Å²) in [6.07, 6.45) is 0. The molecule has 0 fully saturated rings. The summed E-state index contributed by atoms with van der Waals surface area (Å²) in [7, 11) is -4.33. The summed E-state index contributed by atoms with van der Waals surface area (Å²) in [4.78, 5) is 28.1. The molecule has 0 radical (unpaired) electrons. The minimum absolute atomic E-state index is 0.570. The quantitative estimate of drug-likeness (QED) is 0.340. The Hall–Kier alpha value is -0.460. The van der Waals surface area contributed by atoms with E-state index in [2.05, 4.69) is 0 Å². The third-order valence-corrected chi connectivity index (χ3v) is 2.53. The lowest BCUT2D eigenvalue weighted by Crippen LogP contribution is -2.46. The number of hydrogen-bond donors (Lipinski definition) is 5. The van der Waals surface area contributed by atoms with E-state index in [1.807, 2.05) is 5.32 Å². The first-order chi connectivity index (χ1) is 5.79. The fourth-order valence-corrected chi connectivity index (χ4v) is 0.775.